The predicted molar refractivity (Wildman–Crippen MR) is 72.8 cm³/mol. The van der Waals surface area contributed by atoms with E-state index in [1.165, 1.54) is 5.56 Å². The monoisotopic (exact) mass is 263 g/mol. The van der Waals surface area contributed by atoms with Gasteiger partial charge in [-0.15, -0.1) is 0 Å². The van der Waals surface area contributed by atoms with Crippen LogP contribution in [0.1, 0.15) is 49.9 Å². The minimum atomic E-state index is -0.488. The normalized spacial score (nSPS) is 18.0. The summed E-state index contributed by atoms with van der Waals surface area (Å²) in [5.41, 5.74) is 2.71. The molecule has 0 radical (unpaired) electrons. The van der Waals surface area contributed by atoms with Crippen molar-refractivity contribution < 1.29 is 14.6 Å². The first-order valence-corrected chi connectivity index (χ1v) is 6.61. The fourth-order valence-electron chi connectivity index (χ4n) is 2.35. The number of aliphatic hydroxyl groups is 1. The van der Waals surface area contributed by atoms with Crippen LogP contribution in [0.3, 0.4) is 0 Å². The summed E-state index contributed by atoms with van der Waals surface area (Å²) in [6, 6.07) is 5.90. The summed E-state index contributed by atoms with van der Waals surface area (Å²) in [5, 5.41) is 12.1. The van der Waals surface area contributed by atoms with Crippen molar-refractivity contribution in [2.75, 3.05) is 0 Å². The van der Waals surface area contributed by atoms with Crippen LogP contribution in [0.2, 0.25) is 0 Å². The molecular formula is C15H21NO3. The number of nitrogens with one attached hydrogen (secondary N) is 1. The quantitative estimate of drug-likeness (QED) is 0.862. The van der Waals surface area contributed by atoms with Crippen LogP contribution in [0.5, 0.6) is 0 Å². The molecule has 0 aromatic heterocycles. The van der Waals surface area contributed by atoms with Crippen LogP contribution in [0.25, 0.3) is 0 Å². The van der Waals surface area contributed by atoms with Gasteiger partial charge in [0.15, 0.2) is 0 Å². The van der Waals surface area contributed by atoms with E-state index in [1.54, 1.807) is 0 Å². The van der Waals surface area contributed by atoms with Crippen LogP contribution < -0.4 is 5.32 Å². The standard InChI is InChI=1S/C15H21NO3/c1-15(2,3)19-14(18)16-13-7-6-11-5-4-10(9-17)8-12(11)13/h4-5,8,13,17H,6-7,9H2,1-3H3,(H,16,18). The van der Waals surface area contributed by atoms with Crippen LogP contribution in [0.4, 0.5) is 4.79 Å². The molecular weight excluding hydrogens is 242 g/mol. The summed E-state index contributed by atoms with van der Waals surface area (Å²) in [6.45, 7) is 5.56. The zero-order valence-corrected chi connectivity index (χ0v) is 11.7. The van der Waals surface area contributed by atoms with Gasteiger partial charge in [-0.3, -0.25) is 0 Å². The zero-order valence-electron chi connectivity index (χ0n) is 11.7. The number of rotatable bonds is 2. The number of aryl methyl sites for hydroxylation is 1. The Hall–Kier alpha value is -1.55. The number of amides is 1. The number of ether oxygens (including phenoxy) is 1. The Morgan fingerprint density at radius 2 is 2.21 bits per heavy atom. The second kappa shape index (κ2) is 5.21. The second-order valence-corrected chi connectivity index (χ2v) is 5.93. The van der Waals surface area contributed by atoms with Crippen LogP contribution in [-0.2, 0) is 17.8 Å². The molecule has 2 N–H and O–H groups in total. The first-order valence-electron chi connectivity index (χ1n) is 6.61. The molecule has 0 bridgehead atoms. The van der Waals surface area contributed by atoms with Gasteiger partial charge in [0, 0.05) is 0 Å². The molecule has 0 spiro atoms. The molecule has 1 unspecified atom stereocenters. The lowest BCUT2D eigenvalue weighted by atomic mass is 10.0. The molecule has 1 atom stereocenters. The minimum absolute atomic E-state index is 0.0173. The Labute approximate surface area is 113 Å². The summed E-state index contributed by atoms with van der Waals surface area (Å²) in [6.07, 6.45) is 1.44. The number of hydrogen-bond donors (Lipinski definition) is 2. The molecule has 4 nitrogen and oxygen atoms in total. The number of alkyl carbamates (subject to hydrolysis) is 1. The van der Waals surface area contributed by atoms with Gasteiger partial charge in [-0.25, -0.2) is 4.79 Å². The zero-order chi connectivity index (χ0) is 14.0. The van der Waals surface area contributed by atoms with E-state index in [-0.39, 0.29) is 18.7 Å². The highest BCUT2D eigenvalue weighted by Gasteiger charge is 2.26. The topological polar surface area (TPSA) is 58.6 Å². The van der Waals surface area contributed by atoms with Gasteiger partial charge in [0.25, 0.3) is 0 Å². The van der Waals surface area contributed by atoms with Crippen molar-refractivity contribution in [1.82, 2.24) is 5.32 Å². The maximum Gasteiger partial charge on any atom is 0.408 e. The van der Waals surface area contributed by atoms with Crippen LogP contribution in [0, 0.1) is 0 Å². The molecule has 4 heteroatoms. The Balaban J connectivity index is 2.07. The Bertz CT molecular complexity index is 477. The maximum absolute atomic E-state index is 11.8. The van der Waals surface area contributed by atoms with Gasteiger partial charge >= 0.3 is 6.09 Å². The average Bonchev–Trinajstić information content (AvgIpc) is 2.69. The van der Waals surface area contributed by atoms with E-state index in [0.29, 0.717) is 0 Å². The van der Waals surface area contributed by atoms with Gasteiger partial charge in [0.05, 0.1) is 12.6 Å². The molecule has 1 aliphatic rings. The third-order valence-corrected chi connectivity index (χ3v) is 3.16. The van der Waals surface area contributed by atoms with Gasteiger partial charge in [-0.2, -0.15) is 0 Å². The van der Waals surface area contributed by atoms with Crippen molar-refractivity contribution in [3.63, 3.8) is 0 Å². The first kappa shape index (κ1) is 13.9. The fraction of sp³-hybridized carbons (Fsp3) is 0.533. The predicted octanol–water partition coefficient (Wildman–Crippen LogP) is 2.69. The van der Waals surface area contributed by atoms with E-state index < -0.39 is 5.60 Å². The first-order chi connectivity index (χ1) is 8.89. The Morgan fingerprint density at radius 3 is 2.84 bits per heavy atom. The highest BCUT2D eigenvalue weighted by atomic mass is 16.6. The highest BCUT2D eigenvalue weighted by molar-refractivity contribution is 5.68. The highest BCUT2D eigenvalue weighted by Crippen LogP contribution is 2.32. The van der Waals surface area contributed by atoms with E-state index in [0.717, 1.165) is 24.0 Å². The molecule has 2 rings (SSSR count). The van der Waals surface area contributed by atoms with Crippen molar-refractivity contribution in [2.45, 2.75) is 51.9 Å². The number of aliphatic hydroxyl groups excluding tert-OH is 1. The average molecular weight is 263 g/mol. The van der Waals surface area contributed by atoms with E-state index in [2.05, 4.69) is 5.32 Å². The Morgan fingerprint density at radius 1 is 1.47 bits per heavy atom. The van der Waals surface area contributed by atoms with Crippen molar-refractivity contribution >= 4 is 6.09 Å². The molecule has 1 aromatic carbocycles. The van der Waals surface area contributed by atoms with Gasteiger partial charge in [-0.05, 0) is 50.3 Å². The lowest BCUT2D eigenvalue weighted by Gasteiger charge is -2.22. The third-order valence-electron chi connectivity index (χ3n) is 3.16. The smallest absolute Gasteiger partial charge is 0.408 e. The number of carbonyl (C=O) groups excluding carboxylic acids is 1. The summed E-state index contributed by atoms with van der Waals surface area (Å²) in [4.78, 5) is 11.8. The molecule has 0 fully saturated rings. The molecule has 0 saturated carbocycles. The fourth-order valence-corrected chi connectivity index (χ4v) is 2.35. The molecule has 0 heterocycles. The van der Waals surface area contributed by atoms with Crippen molar-refractivity contribution in [3.05, 3.63) is 34.9 Å². The number of fused-ring (bicyclic) bond motifs is 1. The Kier molecular flexibility index (Phi) is 3.80. The minimum Gasteiger partial charge on any atom is -0.444 e. The number of carbonyl (C=O) groups is 1. The summed E-state index contributed by atoms with van der Waals surface area (Å²) < 4.78 is 5.27. The summed E-state index contributed by atoms with van der Waals surface area (Å²) >= 11 is 0. The molecule has 0 aliphatic heterocycles. The van der Waals surface area contributed by atoms with Crippen LogP contribution in [-0.4, -0.2) is 16.8 Å². The van der Waals surface area contributed by atoms with Crippen molar-refractivity contribution in [1.29, 1.82) is 0 Å². The van der Waals surface area contributed by atoms with E-state index in [9.17, 15) is 9.90 Å². The van der Waals surface area contributed by atoms with Gasteiger partial charge < -0.3 is 15.2 Å². The molecule has 1 amide bonds. The van der Waals surface area contributed by atoms with E-state index in [1.807, 2.05) is 39.0 Å². The summed E-state index contributed by atoms with van der Waals surface area (Å²) in [5.74, 6) is 0. The van der Waals surface area contributed by atoms with Crippen molar-refractivity contribution in [2.24, 2.45) is 0 Å². The second-order valence-electron chi connectivity index (χ2n) is 5.93. The molecule has 19 heavy (non-hydrogen) atoms. The largest absolute Gasteiger partial charge is 0.444 e. The van der Waals surface area contributed by atoms with Crippen LogP contribution >= 0.6 is 0 Å². The SMILES string of the molecule is CC(C)(C)OC(=O)NC1CCc2ccc(CO)cc21. The van der Waals surface area contributed by atoms with Crippen molar-refractivity contribution in [3.8, 4) is 0 Å². The van der Waals surface area contributed by atoms with E-state index >= 15 is 0 Å². The van der Waals surface area contributed by atoms with Gasteiger partial charge in [0.1, 0.15) is 5.60 Å². The van der Waals surface area contributed by atoms with Gasteiger partial charge in [-0.1, -0.05) is 18.2 Å². The summed E-state index contributed by atoms with van der Waals surface area (Å²) in [7, 11) is 0. The molecule has 1 aromatic rings. The molecule has 104 valence electrons. The maximum atomic E-state index is 11.8. The molecule has 1 aliphatic carbocycles. The van der Waals surface area contributed by atoms with Gasteiger partial charge in [0.2, 0.25) is 0 Å². The van der Waals surface area contributed by atoms with E-state index in [4.69, 9.17) is 4.74 Å². The number of hydrogen-bond acceptors (Lipinski definition) is 3. The molecule has 0 saturated heterocycles. The van der Waals surface area contributed by atoms with Crippen LogP contribution in [0.15, 0.2) is 18.2 Å². The lowest BCUT2D eigenvalue weighted by Crippen LogP contribution is -2.34. The third kappa shape index (κ3) is 3.47. The lowest BCUT2D eigenvalue weighted by molar-refractivity contribution is 0.0503. The number of benzene rings is 1.